The molecule has 1 unspecified atom stereocenters. The Morgan fingerprint density at radius 1 is 1.29 bits per heavy atom. The second-order valence-corrected chi connectivity index (χ2v) is 6.60. The summed E-state index contributed by atoms with van der Waals surface area (Å²) in [6, 6.07) is 2.14. The Kier molecular flexibility index (Phi) is 5.44. The molecule has 2 aliphatic heterocycles. The number of nitrogens with one attached hydrogen (secondary N) is 1. The second-order valence-electron chi connectivity index (χ2n) is 6.60. The zero-order valence-corrected chi connectivity index (χ0v) is 14.2. The number of carbonyl (C=O) groups is 1. The van der Waals surface area contributed by atoms with Gasteiger partial charge in [-0.1, -0.05) is 6.07 Å². The summed E-state index contributed by atoms with van der Waals surface area (Å²) < 4.78 is 37.8. The number of nitrogens with zero attached hydrogens (tertiary/aromatic N) is 2. The monoisotopic (exact) mass is 363 g/mol. The Morgan fingerprint density at radius 3 is 2.50 bits per heavy atom. The third kappa shape index (κ3) is 3.67. The number of piperidine rings is 1. The van der Waals surface area contributed by atoms with Gasteiger partial charge in [-0.05, 0) is 49.9 Å². The molecule has 1 atom stereocenters. The van der Waals surface area contributed by atoms with Crippen molar-refractivity contribution >= 4 is 18.3 Å². The van der Waals surface area contributed by atoms with Crippen LogP contribution in [0, 0.1) is 5.41 Å². The maximum atomic E-state index is 12.6. The highest BCUT2D eigenvalue weighted by Crippen LogP contribution is 2.42. The lowest BCUT2D eigenvalue weighted by molar-refractivity contribution is -0.141. The molecule has 3 rings (SSSR count). The number of pyridine rings is 1. The first-order valence-corrected chi connectivity index (χ1v) is 7.84. The summed E-state index contributed by atoms with van der Waals surface area (Å²) in [5.41, 5.74) is -0.246. The van der Waals surface area contributed by atoms with E-state index >= 15 is 0 Å². The minimum atomic E-state index is -4.44. The van der Waals surface area contributed by atoms with Crippen molar-refractivity contribution in [2.24, 2.45) is 5.41 Å². The van der Waals surface area contributed by atoms with Gasteiger partial charge in [-0.2, -0.15) is 13.2 Å². The first-order chi connectivity index (χ1) is 10.8. The standard InChI is InChI=1S/C16H20F3N3O.ClH/c1-11(12-2-3-13(21-9-12)16(17,18)19)22-10-15(8-14(22)23)4-6-20-7-5-15;/h2-3,9,11,20H,4-8,10H2,1H3;1H. The van der Waals surface area contributed by atoms with Gasteiger partial charge in [-0.25, -0.2) is 0 Å². The number of amides is 1. The van der Waals surface area contributed by atoms with Crippen LogP contribution in [-0.2, 0) is 11.0 Å². The number of hydrogen-bond donors (Lipinski definition) is 1. The van der Waals surface area contributed by atoms with Crippen molar-refractivity contribution in [1.82, 2.24) is 15.2 Å². The topological polar surface area (TPSA) is 45.2 Å². The van der Waals surface area contributed by atoms with Crippen LogP contribution in [0.1, 0.15) is 43.5 Å². The van der Waals surface area contributed by atoms with E-state index in [-0.39, 0.29) is 29.8 Å². The maximum Gasteiger partial charge on any atom is 0.433 e. The average Bonchev–Trinajstić information content (AvgIpc) is 2.82. The smallest absolute Gasteiger partial charge is 0.335 e. The van der Waals surface area contributed by atoms with Crippen LogP contribution in [0.15, 0.2) is 18.3 Å². The average molecular weight is 364 g/mol. The fourth-order valence-corrected chi connectivity index (χ4v) is 3.57. The van der Waals surface area contributed by atoms with Gasteiger partial charge in [0.15, 0.2) is 0 Å². The van der Waals surface area contributed by atoms with E-state index in [4.69, 9.17) is 0 Å². The van der Waals surface area contributed by atoms with Crippen molar-refractivity contribution in [3.05, 3.63) is 29.6 Å². The van der Waals surface area contributed by atoms with Gasteiger partial charge < -0.3 is 10.2 Å². The van der Waals surface area contributed by atoms with Crippen LogP contribution in [0.25, 0.3) is 0 Å². The molecule has 1 amide bonds. The van der Waals surface area contributed by atoms with E-state index in [1.54, 1.807) is 4.90 Å². The Balaban J connectivity index is 0.00000208. The Morgan fingerprint density at radius 2 is 1.96 bits per heavy atom. The van der Waals surface area contributed by atoms with Crippen LogP contribution >= 0.6 is 12.4 Å². The number of aromatic nitrogens is 1. The van der Waals surface area contributed by atoms with Gasteiger partial charge in [0, 0.05) is 19.2 Å². The lowest BCUT2D eigenvalue weighted by Gasteiger charge is -2.34. The molecule has 134 valence electrons. The largest absolute Gasteiger partial charge is 0.433 e. The predicted octanol–water partition coefficient (Wildman–Crippen LogP) is 3.19. The Bertz CT molecular complexity index is 585. The number of alkyl halides is 3. The van der Waals surface area contributed by atoms with Gasteiger partial charge in [0.2, 0.25) is 5.91 Å². The molecule has 1 N–H and O–H groups in total. The molecule has 2 saturated heterocycles. The van der Waals surface area contributed by atoms with E-state index in [0.29, 0.717) is 18.5 Å². The molecule has 0 aliphatic carbocycles. The molecule has 1 spiro atoms. The summed E-state index contributed by atoms with van der Waals surface area (Å²) in [5, 5.41) is 3.30. The molecule has 0 bridgehead atoms. The molecule has 0 radical (unpaired) electrons. The van der Waals surface area contributed by atoms with Crippen LogP contribution < -0.4 is 5.32 Å². The number of likely N-dealkylation sites (tertiary alicyclic amines) is 1. The van der Waals surface area contributed by atoms with Gasteiger partial charge >= 0.3 is 6.18 Å². The van der Waals surface area contributed by atoms with Gasteiger partial charge in [-0.15, -0.1) is 12.4 Å². The molecular formula is C16H21ClF3N3O. The summed E-state index contributed by atoms with van der Waals surface area (Å²) in [4.78, 5) is 17.7. The predicted molar refractivity (Wildman–Crippen MR) is 85.8 cm³/mol. The summed E-state index contributed by atoms with van der Waals surface area (Å²) >= 11 is 0. The van der Waals surface area contributed by atoms with Gasteiger partial charge in [0.05, 0.1) is 6.04 Å². The third-order valence-corrected chi connectivity index (χ3v) is 5.04. The van der Waals surface area contributed by atoms with E-state index in [2.05, 4.69) is 10.3 Å². The quantitative estimate of drug-likeness (QED) is 0.877. The molecule has 0 saturated carbocycles. The lowest BCUT2D eigenvalue weighted by atomic mass is 9.78. The van der Waals surface area contributed by atoms with Crippen LogP contribution in [-0.4, -0.2) is 35.4 Å². The van der Waals surface area contributed by atoms with E-state index in [1.807, 2.05) is 6.92 Å². The minimum absolute atomic E-state index is 0. The fraction of sp³-hybridized carbons (Fsp3) is 0.625. The first-order valence-electron chi connectivity index (χ1n) is 7.84. The van der Waals surface area contributed by atoms with Gasteiger partial charge in [-0.3, -0.25) is 9.78 Å². The molecule has 3 heterocycles. The Labute approximate surface area is 145 Å². The molecule has 1 aromatic heterocycles. The molecule has 1 aromatic rings. The number of hydrogen-bond acceptors (Lipinski definition) is 3. The lowest BCUT2D eigenvalue weighted by Crippen LogP contribution is -2.39. The molecule has 0 aromatic carbocycles. The molecular weight excluding hydrogens is 343 g/mol. The fourth-order valence-electron chi connectivity index (χ4n) is 3.57. The van der Waals surface area contributed by atoms with Gasteiger partial charge in [0.25, 0.3) is 0 Å². The first kappa shape index (κ1) is 19.0. The minimum Gasteiger partial charge on any atom is -0.335 e. The normalized spacial score (nSPS) is 21.7. The molecule has 8 heteroatoms. The van der Waals surface area contributed by atoms with Crippen molar-refractivity contribution < 1.29 is 18.0 Å². The SMILES string of the molecule is CC(c1ccc(C(F)(F)F)nc1)N1CC2(CCNCC2)CC1=O.Cl. The van der Waals surface area contributed by atoms with Crippen molar-refractivity contribution in [3.8, 4) is 0 Å². The zero-order chi connectivity index (χ0) is 16.7. The summed E-state index contributed by atoms with van der Waals surface area (Å²) in [6.07, 6.45) is -0.744. The van der Waals surface area contributed by atoms with E-state index < -0.39 is 11.9 Å². The number of rotatable bonds is 2. The van der Waals surface area contributed by atoms with E-state index in [0.717, 1.165) is 32.0 Å². The maximum absolute atomic E-state index is 12.6. The van der Waals surface area contributed by atoms with Crippen LogP contribution in [0.5, 0.6) is 0 Å². The second kappa shape index (κ2) is 6.88. The molecule has 24 heavy (non-hydrogen) atoms. The van der Waals surface area contributed by atoms with Crippen LogP contribution in [0.2, 0.25) is 0 Å². The molecule has 2 fully saturated rings. The van der Waals surface area contributed by atoms with Crippen LogP contribution in [0.3, 0.4) is 0 Å². The van der Waals surface area contributed by atoms with Crippen molar-refractivity contribution in [1.29, 1.82) is 0 Å². The highest BCUT2D eigenvalue weighted by molar-refractivity contribution is 5.85. The molecule has 4 nitrogen and oxygen atoms in total. The summed E-state index contributed by atoms with van der Waals surface area (Å²) in [7, 11) is 0. The zero-order valence-electron chi connectivity index (χ0n) is 13.4. The number of carbonyl (C=O) groups excluding carboxylic acids is 1. The van der Waals surface area contributed by atoms with Crippen LogP contribution in [0.4, 0.5) is 13.2 Å². The highest BCUT2D eigenvalue weighted by atomic mass is 35.5. The Hall–Kier alpha value is -1.34. The molecule has 2 aliphatic rings. The van der Waals surface area contributed by atoms with E-state index in [9.17, 15) is 18.0 Å². The third-order valence-electron chi connectivity index (χ3n) is 5.04. The van der Waals surface area contributed by atoms with E-state index in [1.165, 1.54) is 12.3 Å². The summed E-state index contributed by atoms with van der Waals surface area (Å²) in [5.74, 6) is 0.0827. The highest BCUT2D eigenvalue weighted by Gasteiger charge is 2.45. The number of halogens is 4. The summed E-state index contributed by atoms with van der Waals surface area (Å²) in [6.45, 7) is 4.35. The van der Waals surface area contributed by atoms with Crippen molar-refractivity contribution in [2.45, 2.75) is 38.4 Å². The van der Waals surface area contributed by atoms with Gasteiger partial charge in [0.1, 0.15) is 5.69 Å². The van der Waals surface area contributed by atoms with Crippen molar-refractivity contribution in [2.75, 3.05) is 19.6 Å². The van der Waals surface area contributed by atoms with Crippen molar-refractivity contribution in [3.63, 3.8) is 0 Å².